The maximum absolute atomic E-state index is 12.5. The van der Waals surface area contributed by atoms with Crippen molar-refractivity contribution in [3.63, 3.8) is 0 Å². The lowest BCUT2D eigenvalue weighted by Crippen LogP contribution is -2.40. The van der Waals surface area contributed by atoms with Gasteiger partial charge in [-0.1, -0.05) is 24.3 Å². The molecule has 22 heavy (non-hydrogen) atoms. The molecule has 114 valence electrons. The summed E-state index contributed by atoms with van der Waals surface area (Å²) in [4.78, 5) is 14.2. The second-order valence-corrected chi connectivity index (χ2v) is 5.74. The van der Waals surface area contributed by atoms with Crippen molar-refractivity contribution in [1.82, 2.24) is 4.90 Å². The number of carbonyl (C=O) groups is 1. The molecule has 4 nitrogen and oxygen atoms in total. The monoisotopic (exact) mass is 296 g/mol. The lowest BCUT2D eigenvalue weighted by molar-refractivity contribution is 0.0735. The summed E-state index contributed by atoms with van der Waals surface area (Å²) < 4.78 is 5.66. The Morgan fingerprint density at radius 3 is 2.45 bits per heavy atom. The number of hydrogen-bond acceptors (Lipinski definition) is 3. The molecule has 0 radical (unpaired) electrons. The standard InChI is InChI=1S/C18H20N2O2/c1-12(2)22-14-10-8-13(9-11-14)17-19-16-7-5-4-6-15(16)18(21)20(17)3/h4-12,17,19H,1-3H3/t17-/m0/s1. The molecule has 2 aromatic rings. The number of anilines is 1. The Hall–Kier alpha value is -2.49. The average molecular weight is 296 g/mol. The van der Waals surface area contributed by atoms with E-state index in [0.29, 0.717) is 5.56 Å². The highest BCUT2D eigenvalue weighted by Gasteiger charge is 2.29. The molecule has 1 atom stereocenters. The number of nitrogens with one attached hydrogen (secondary N) is 1. The van der Waals surface area contributed by atoms with Gasteiger partial charge in [0.1, 0.15) is 11.9 Å². The van der Waals surface area contributed by atoms with E-state index >= 15 is 0 Å². The Morgan fingerprint density at radius 2 is 1.77 bits per heavy atom. The quantitative estimate of drug-likeness (QED) is 0.939. The number of ether oxygens (including phenoxy) is 1. The minimum absolute atomic E-state index is 0.0295. The van der Waals surface area contributed by atoms with Crippen LogP contribution in [0.25, 0.3) is 0 Å². The van der Waals surface area contributed by atoms with Gasteiger partial charge in [0.15, 0.2) is 0 Å². The molecule has 4 heteroatoms. The van der Waals surface area contributed by atoms with Gasteiger partial charge in [-0.25, -0.2) is 0 Å². The van der Waals surface area contributed by atoms with Crippen LogP contribution in [0, 0.1) is 0 Å². The molecule has 0 saturated heterocycles. The third kappa shape index (κ3) is 2.64. The van der Waals surface area contributed by atoms with Crippen LogP contribution in [0.4, 0.5) is 5.69 Å². The number of fused-ring (bicyclic) bond motifs is 1. The van der Waals surface area contributed by atoms with Gasteiger partial charge in [0.2, 0.25) is 0 Å². The molecule has 1 N–H and O–H groups in total. The van der Waals surface area contributed by atoms with Crippen molar-refractivity contribution in [2.24, 2.45) is 0 Å². The largest absolute Gasteiger partial charge is 0.491 e. The van der Waals surface area contributed by atoms with Crippen molar-refractivity contribution in [2.45, 2.75) is 26.1 Å². The van der Waals surface area contributed by atoms with E-state index in [4.69, 9.17) is 4.74 Å². The highest BCUT2D eigenvalue weighted by atomic mass is 16.5. The number of hydrogen-bond donors (Lipinski definition) is 1. The molecule has 0 bridgehead atoms. The van der Waals surface area contributed by atoms with Crippen molar-refractivity contribution >= 4 is 11.6 Å². The highest BCUT2D eigenvalue weighted by Crippen LogP contribution is 2.32. The van der Waals surface area contributed by atoms with Gasteiger partial charge >= 0.3 is 0 Å². The summed E-state index contributed by atoms with van der Waals surface area (Å²) in [6, 6.07) is 15.5. The fourth-order valence-corrected chi connectivity index (χ4v) is 2.65. The molecular formula is C18H20N2O2. The predicted octanol–water partition coefficient (Wildman–Crippen LogP) is 3.67. The van der Waals surface area contributed by atoms with Gasteiger partial charge in [0.05, 0.1) is 11.7 Å². The van der Waals surface area contributed by atoms with Crippen LogP contribution in [0.15, 0.2) is 48.5 Å². The first-order chi connectivity index (χ1) is 10.6. The first kappa shape index (κ1) is 14.4. The third-order valence-electron chi connectivity index (χ3n) is 3.72. The van der Waals surface area contributed by atoms with Crippen LogP contribution in [0.1, 0.15) is 35.9 Å². The van der Waals surface area contributed by atoms with Crippen molar-refractivity contribution in [1.29, 1.82) is 0 Å². The summed E-state index contributed by atoms with van der Waals surface area (Å²) in [7, 11) is 1.81. The van der Waals surface area contributed by atoms with Gasteiger partial charge in [-0.2, -0.15) is 0 Å². The van der Waals surface area contributed by atoms with E-state index < -0.39 is 0 Å². The maximum atomic E-state index is 12.5. The first-order valence-corrected chi connectivity index (χ1v) is 7.45. The summed E-state index contributed by atoms with van der Waals surface area (Å²) in [5, 5.41) is 3.42. The number of amides is 1. The predicted molar refractivity (Wildman–Crippen MR) is 87.1 cm³/mol. The molecule has 0 spiro atoms. The summed E-state index contributed by atoms with van der Waals surface area (Å²) >= 11 is 0. The lowest BCUT2D eigenvalue weighted by Gasteiger charge is -2.35. The van der Waals surface area contributed by atoms with Gasteiger partial charge in [-0.05, 0) is 43.7 Å². The van der Waals surface area contributed by atoms with Gasteiger partial charge in [0, 0.05) is 12.7 Å². The van der Waals surface area contributed by atoms with E-state index in [2.05, 4.69) is 5.32 Å². The van der Waals surface area contributed by atoms with Crippen LogP contribution < -0.4 is 10.1 Å². The maximum Gasteiger partial charge on any atom is 0.257 e. The molecule has 3 rings (SSSR count). The third-order valence-corrected chi connectivity index (χ3v) is 3.72. The molecule has 0 aliphatic carbocycles. The van der Waals surface area contributed by atoms with E-state index in [9.17, 15) is 4.79 Å². The topological polar surface area (TPSA) is 41.6 Å². The molecular weight excluding hydrogens is 276 g/mol. The molecule has 1 heterocycles. The van der Waals surface area contributed by atoms with Crippen molar-refractivity contribution in [3.05, 3.63) is 59.7 Å². The summed E-state index contributed by atoms with van der Waals surface area (Å²) in [5.74, 6) is 0.866. The van der Waals surface area contributed by atoms with Crippen LogP contribution >= 0.6 is 0 Å². The minimum Gasteiger partial charge on any atom is -0.491 e. The molecule has 0 saturated carbocycles. The Bertz CT molecular complexity index is 680. The van der Waals surface area contributed by atoms with Gasteiger partial charge in [-0.15, -0.1) is 0 Å². The van der Waals surface area contributed by atoms with E-state index in [0.717, 1.165) is 17.0 Å². The number of carbonyl (C=O) groups excluding carboxylic acids is 1. The van der Waals surface area contributed by atoms with E-state index in [1.54, 1.807) is 4.90 Å². The molecule has 0 fully saturated rings. The molecule has 0 unspecified atom stereocenters. The Kier molecular flexibility index (Phi) is 3.75. The van der Waals surface area contributed by atoms with Crippen LogP contribution in [0.2, 0.25) is 0 Å². The molecule has 1 amide bonds. The number of rotatable bonds is 3. The SMILES string of the molecule is CC(C)Oc1ccc([C@H]2Nc3ccccc3C(=O)N2C)cc1. The van der Waals surface area contributed by atoms with Gasteiger partial charge in [-0.3, -0.25) is 4.79 Å². The zero-order chi connectivity index (χ0) is 15.7. The molecule has 1 aliphatic heterocycles. The minimum atomic E-state index is -0.171. The average Bonchev–Trinajstić information content (AvgIpc) is 2.51. The van der Waals surface area contributed by atoms with Gasteiger partial charge in [0.25, 0.3) is 5.91 Å². The van der Waals surface area contributed by atoms with E-state index in [-0.39, 0.29) is 18.2 Å². The fraction of sp³-hybridized carbons (Fsp3) is 0.278. The van der Waals surface area contributed by atoms with Crippen molar-refractivity contribution in [3.8, 4) is 5.75 Å². The number of benzene rings is 2. The second-order valence-electron chi connectivity index (χ2n) is 5.74. The smallest absolute Gasteiger partial charge is 0.257 e. The zero-order valence-corrected chi connectivity index (χ0v) is 13.0. The van der Waals surface area contributed by atoms with Crippen LogP contribution in [-0.2, 0) is 0 Å². The van der Waals surface area contributed by atoms with Crippen molar-refractivity contribution < 1.29 is 9.53 Å². The normalized spacial score (nSPS) is 17.2. The van der Waals surface area contributed by atoms with E-state index in [1.165, 1.54) is 0 Å². The Balaban J connectivity index is 1.88. The highest BCUT2D eigenvalue weighted by molar-refractivity contribution is 6.01. The number of nitrogens with zero attached hydrogens (tertiary/aromatic N) is 1. The molecule has 1 aliphatic rings. The Labute approximate surface area is 130 Å². The second kappa shape index (κ2) is 5.72. The van der Waals surface area contributed by atoms with Crippen LogP contribution in [0.5, 0.6) is 5.75 Å². The molecule has 2 aromatic carbocycles. The van der Waals surface area contributed by atoms with Crippen LogP contribution in [-0.4, -0.2) is 24.0 Å². The zero-order valence-electron chi connectivity index (χ0n) is 13.0. The summed E-state index contributed by atoms with van der Waals surface area (Å²) in [6.45, 7) is 4.00. The Morgan fingerprint density at radius 1 is 1.09 bits per heavy atom. The van der Waals surface area contributed by atoms with E-state index in [1.807, 2.05) is 69.4 Å². The fourth-order valence-electron chi connectivity index (χ4n) is 2.65. The molecule has 0 aromatic heterocycles. The lowest BCUT2D eigenvalue weighted by atomic mass is 10.0. The van der Waals surface area contributed by atoms with Gasteiger partial charge < -0.3 is 15.0 Å². The van der Waals surface area contributed by atoms with Crippen molar-refractivity contribution in [2.75, 3.05) is 12.4 Å². The van der Waals surface area contributed by atoms with Crippen LogP contribution in [0.3, 0.4) is 0 Å². The summed E-state index contributed by atoms with van der Waals surface area (Å²) in [5.41, 5.74) is 2.61. The number of para-hydroxylation sites is 1. The first-order valence-electron chi connectivity index (χ1n) is 7.45. The summed E-state index contributed by atoms with van der Waals surface area (Å²) in [6.07, 6.45) is -0.0229.